The fraction of sp³-hybridized carbons (Fsp3) is 0.222. The first-order valence-electron chi connectivity index (χ1n) is 7.57. The number of nitrogens with one attached hydrogen (secondary N) is 1. The predicted octanol–water partition coefficient (Wildman–Crippen LogP) is 3.19. The van der Waals surface area contributed by atoms with Crippen LogP contribution in [0.1, 0.15) is 35.3 Å². The molecule has 5 nitrogen and oxygen atoms in total. The Morgan fingerprint density at radius 3 is 2.29 bits per heavy atom. The number of rotatable bonds is 7. The van der Waals surface area contributed by atoms with Crippen molar-refractivity contribution in [1.82, 2.24) is 5.32 Å². The summed E-state index contributed by atoms with van der Waals surface area (Å²) in [6.07, 6.45) is 0.778. The highest BCUT2D eigenvalue weighted by atomic mass is 79.9. The molecule has 2 aromatic rings. The number of primary amides is 1. The highest BCUT2D eigenvalue weighted by Gasteiger charge is 2.13. The second-order valence-electron chi connectivity index (χ2n) is 5.26. The lowest BCUT2D eigenvalue weighted by atomic mass is 10.0. The first kappa shape index (κ1) is 18.0. The Bertz CT molecular complexity index is 699. The molecule has 2 rings (SSSR count). The maximum Gasteiger partial charge on any atom is 0.258 e. The van der Waals surface area contributed by atoms with Crippen molar-refractivity contribution < 1.29 is 14.3 Å². The molecule has 2 aromatic carbocycles. The van der Waals surface area contributed by atoms with Gasteiger partial charge >= 0.3 is 0 Å². The van der Waals surface area contributed by atoms with Gasteiger partial charge < -0.3 is 15.8 Å². The number of carbonyl (C=O) groups excluding carboxylic acids is 2. The molecule has 2 amide bonds. The molecular weight excluding hydrogens is 372 g/mol. The van der Waals surface area contributed by atoms with Crippen molar-refractivity contribution in [2.75, 3.05) is 6.61 Å². The SMILES string of the molecule is CC[C@H](NC(=O)COc1ccc(C(N)=O)cc1)c1ccc(Br)cc1. The van der Waals surface area contributed by atoms with E-state index in [9.17, 15) is 9.59 Å². The minimum Gasteiger partial charge on any atom is -0.484 e. The molecule has 1 atom stereocenters. The standard InChI is InChI=1S/C18H19BrN2O3/c1-2-16(12-3-7-14(19)8-4-12)21-17(22)11-24-15-9-5-13(6-10-15)18(20)23/h3-10,16H,2,11H2,1H3,(H2,20,23)(H,21,22)/t16-/m0/s1. The van der Waals surface area contributed by atoms with E-state index in [2.05, 4.69) is 21.2 Å². The van der Waals surface area contributed by atoms with Crippen molar-refractivity contribution in [3.63, 3.8) is 0 Å². The summed E-state index contributed by atoms with van der Waals surface area (Å²) in [7, 11) is 0. The third kappa shape index (κ3) is 5.09. The molecule has 126 valence electrons. The van der Waals surface area contributed by atoms with Crippen molar-refractivity contribution in [3.8, 4) is 5.75 Å². The molecule has 0 unspecified atom stereocenters. The van der Waals surface area contributed by atoms with Gasteiger partial charge in [-0.3, -0.25) is 9.59 Å². The second-order valence-corrected chi connectivity index (χ2v) is 6.17. The summed E-state index contributed by atoms with van der Waals surface area (Å²) in [5.74, 6) is -0.199. The Labute approximate surface area is 149 Å². The lowest BCUT2D eigenvalue weighted by Gasteiger charge is -2.18. The zero-order chi connectivity index (χ0) is 17.5. The largest absolute Gasteiger partial charge is 0.484 e. The monoisotopic (exact) mass is 390 g/mol. The van der Waals surface area contributed by atoms with Crippen LogP contribution in [0.25, 0.3) is 0 Å². The van der Waals surface area contributed by atoms with E-state index in [0.29, 0.717) is 11.3 Å². The van der Waals surface area contributed by atoms with Gasteiger partial charge in [0.05, 0.1) is 6.04 Å². The molecule has 0 aromatic heterocycles. The van der Waals surface area contributed by atoms with Gasteiger partial charge in [-0.1, -0.05) is 35.0 Å². The van der Waals surface area contributed by atoms with Crippen molar-refractivity contribution in [3.05, 3.63) is 64.1 Å². The van der Waals surface area contributed by atoms with Crippen LogP contribution in [-0.2, 0) is 4.79 Å². The van der Waals surface area contributed by atoms with Gasteiger partial charge in [0.2, 0.25) is 5.91 Å². The van der Waals surface area contributed by atoms with Crippen molar-refractivity contribution >= 4 is 27.7 Å². The summed E-state index contributed by atoms with van der Waals surface area (Å²) in [5.41, 5.74) is 6.61. The van der Waals surface area contributed by atoms with E-state index in [1.54, 1.807) is 24.3 Å². The van der Waals surface area contributed by atoms with Gasteiger partial charge in [-0.2, -0.15) is 0 Å². The maximum atomic E-state index is 12.1. The lowest BCUT2D eigenvalue weighted by molar-refractivity contribution is -0.123. The smallest absolute Gasteiger partial charge is 0.258 e. The van der Waals surface area contributed by atoms with E-state index in [-0.39, 0.29) is 18.6 Å². The second kappa shape index (κ2) is 8.49. The van der Waals surface area contributed by atoms with E-state index in [0.717, 1.165) is 16.5 Å². The molecule has 0 aliphatic rings. The third-order valence-corrected chi connectivity index (χ3v) is 4.05. The van der Waals surface area contributed by atoms with Crippen molar-refractivity contribution in [2.24, 2.45) is 5.73 Å². The number of nitrogens with two attached hydrogens (primary N) is 1. The molecule has 0 saturated heterocycles. The van der Waals surface area contributed by atoms with Gasteiger partial charge in [-0.15, -0.1) is 0 Å². The highest BCUT2D eigenvalue weighted by molar-refractivity contribution is 9.10. The van der Waals surface area contributed by atoms with E-state index < -0.39 is 5.91 Å². The van der Waals surface area contributed by atoms with Gasteiger partial charge in [0.1, 0.15) is 5.75 Å². The minimum atomic E-state index is -0.500. The van der Waals surface area contributed by atoms with Crippen LogP contribution in [0.5, 0.6) is 5.75 Å². The highest BCUT2D eigenvalue weighted by Crippen LogP contribution is 2.19. The maximum absolute atomic E-state index is 12.1. The summed E-state index contributed by atoms with van der Waals surface area (Å²) in [5, 5.41) is 2.95. The Morgan fingerprint density at radius 1 is 1.12 bits per heavy atom. The summed E-state index contributed by atoms with van der Waals surface area (Å²) < 4.78 is 6.43. The number of ether oxygens (including phenoxy) is 1. The third-order valence-electron chi connectivity index (χ3n) is 3.52. The summed E-state index contributed by atoms with van der Waals surface area (Å²) in [6, 6.07) is 14.1. The van der Waals surface area contributed by atoms with Crippen molar-refractivity contribution in [2.45, 2.75) is 19.4 Å². The van der Waals surface area contributed by atoms with Crippen LogP contribution in [-0.4, -0.2) is 18.4 Å². The molecule has 24 heavy (non-hydrogen) atoms. The summed E-state index contributed by atoms with van der Waals surface area (Å²) in [4.78, 5) is 23.1. The van der Waals surface area contributed by atoms with Crippen LogP contribution in [0.3, 0.4) is 0 Å². The average molecular weight is 391 g/mol. The van der Waals surface area contributed by atoms with Crippen LogP contribution in [0.15, 0.2) is 53.0 Å². The molecule has 3 N–H and O–H groups in total. The van der Waals surface area contributed by atoms with Crippen molar-refractivity contribution in [1.29, 1.82) is 0 Å². The molecule has 0 aliphatic heterocycles. The zero-order valence-corrected chi connectivity index (χ0v) is 14.9. The van der Waals surface area contributed by atoms with Crippen LogP contribution < -0.4 is 15.8 Å². The van der Waals surface area contributed by atoms with Gasteiger partial charge in [-0.25, -0.2) is 0 Å². The number of carbonyl (C=O) groups is 2. The number of halogens is 1. The van der Waals surface area contributed by atoms with E-state index in [1.165, 1.54) is 0 Å². The molecule has 0 aliphatic carbocycles. The molecule has 0 saturated carbocycles. The summed E-state index contributed by atoms with van der Waals surface area (Å²) in [6.45, 7) is 1.92. The predicted molar refractivity (Wildman–Crippen MR) is 95.8 cm³/mol. The van der Waals surface area contributed by atoms with E-state index >= 15 is 0 Å². The van der Waals surface area contributed by atoms with E-state index in [1.807, 2.05) is 31.2 Å². The molecular formula is C18H19BrN2O3. The number of amides is 2. The Balaban J connectivity index is 1.89. The minimum absolute atomic E-state index is 0.0635. The number of benzene rings is 2. The Hall–Kier alpha value is -2.34. The fourth-order valence-corrected chi connectivity index (χ4v) is 2.48. The lowest BCUT2D eigenvalue weighted by Crippen LogP contribution is -2.32. The molecule has 6 heteroatoms. The van der Waals surface area contributed by atoms with Gasteiger partial charge in [-0.05, 0) is 48.4 Å². The van der Waals surface area contributed by atoms with Crippen LogP contribution in [0.4, 0.5) is 0 Å². The molecule has 0 fully saturated rings. The first-order chi connectivity index (χ1) is 11.5. The molecule has 0 heterocycles. The molecule has 0 spiro atoms. The topological polar surface area (TPSA) is 81.4 Å². The Kier molecular flexibility index (Phi) is 6.37. The molecule has 0 radical (unpaired) electrons. The average Bonchev–Trinajstić information content (AvgIpc) is 2.59. The van der Waals surface area contributed by atoms with Gasteiger partial charge in [0.25, 0.3) is 5.91 Å². The summed E-state index contributed by atoms with van der Waals surface area (Å²) >= 11 is 3.40. The van der Waals surface area contributed by atoms with E-state index in [4.69, 9.17) is 10.5 Å². The van der Waals surface area contributed by atoms with Gasteiger partial charge in [0, 0.05) is 10.0 Å². The van der Waals surface area contributed by atoms with Crippen LogP contribution in [0.2, 0.25) is 0 Å². The van der Waals surface area contributed by atoms with Gasteiger partial charge in [0.15, 0.2) is 6.61 Å². The number of hydrogen-bond acceptors (Lipinski definition) is 3. The first-order valence-corrected chi connectivity index (χ1v) is 8.36. The fourth-order valence-electron chi connectivity index (χ4n) is 2.22. The molecule has 0 bridgehead atoms. The van der Waals surface area contributed by atoms with Crippen LogP contribution >= 0.6 is 15.9 Å². The Morgan fingerprint density at radius 2 is 1.75 bits per heavy atom. The normalized spacial score (nSPS) is 11.6. The zero-order valence-electron chi connectivity index (χ0n) is 13.3. The quantitative estimate of drug-likeness (QED) is 0.761. The van der Waals surface area contributed by atoms with Crippen LogP contribution in [0, 0.1) is 0 Å². The number of hydrogen-bond donors (Lipinski definition) is 2.